The highest BCUT2D eigenvalue weighted by molar-refractivity contribution is 5.46. The third-order valence-corrected chi connectivity index (χ3v) is 3.37. The van der Waals surface area contributed by atoms with Crippen molar-refractivity contribution in [3.05, 3.63) is 41.3 Å². The summed E-state index contributed by atoms with van der Waals surface area (Å²) < 4.78 is 10.8. The van der Waals surface area contributed by atoms with E-state index in [-0.39, 0.29) is 19.3 Å². The van der Waals surface area contributed by atoms with Crippen LogP contribution in [-0.2, 0) is 0 Å². The molecule has 1 unspecified atom stereocenters. The number of hydrogen-bond acceptors (Lipinski definition) is 6. The molecule has 0 fully saturated rings. The highest BCUT2D eigenvalue weighted by Gasteiger charge is 2.11. The molecule has 2 aromatic rings. The minimum atomic E-state index is -0.0325. The lowest BCUT2D eigenvalue weighted by Crippen LogP contribution is -2.10. The zero-order chi connectivity index (χ0) is 16.8. The topological polar surface area (TPSA) is 76.5 Å². The van der Waals surface area contributed by atoms with E-state index < -0.39 is 0 Å². The lowest BCUT2D eigenvalue weighted by atomic mass is 10.1. The third kappa shape index (κ3) is 4.56. The van der Waals surface area contributed by atoms with Crippen LogP contribution in [0.1, 0.15) is 30.0 Å². The predicted molar refractivity (Wildman–Crippen MR) is 89.1 cm³/mol. The molecule has 124 valence electrons. The van der Waals surface area contributed by atoms with Crippen LogP contribution in [0.4, 0.5) is 5.82 Å². The van der Waals surface area contributed by atoms with Crippen molar-refractivity contribution in [2.45, 2.75) is 26.8 Å². The van der Waals surface area contributed by atoms with Crippen molar-refractivity contribution in [1.82, 2.24) is 9.97 Å². The first-order valence-corrected chi connectivity index (χ1v) is 7.54. The third-order valence-electron chi connectivity index (χ3n) is 3.37. The normalized spacial score (nSPS) is 11.9. The van der Waals surface area contributed by atoms with E-state index in [1.807, 2.05) is 38.1 Å². The zero-order valence-corrected chi connectivity index (χ0v) is 14.0. The predicted octanol–water partition coefficient (Wildman–Crippen LogP) is 2.65. The van der Waals surface area contributed by atoms with Crippen molar-refractivity contribution < 1.29 is 14.6 Å². The van der Waals surface area contributed by atoms with Gasteiger partial charge in [-0.2, -0.15) is 0 Å². The van der Waals surface area contributed by atoms with E-state index in [1.54, 1.807) is 7.11 Å². The molecule has 0 amide bonds. The monoisotopic (exact) mass is 317 g/mol. The average Bonchev–Trinajstić information content (AvgIpc) is 2.51. The van der Waals surface area contributed by atoms with Gasteiger partial charge in [-0.05, 0) is 38.5 Å². The van der Waals surface area contributed by atoms with Crippen molar-refractivity contribution in [2.24, 2.45) is 0 Å². The average molecular weight is 317 g/mol. The van der Waals surface area contributed by atoms with E-state index >= 15 is 0 Å². The van der Waals surface area contributed by atoms with Gasteiger partial charge in [0.2, 0.25) is 0 Å². The molecule has 0 aliphatic heterocycles. The molecular formula is C17H23N3O3. The van der Waals surface area contributed by atoms with Crippen LogP contribution in [0, 0.1) is 13.8 Å². The molecule has 0 radical (unpaired) electrons. The fourth-order valence-corrected chi connectivity index (χ4v) is 2.32. The molecule has 0 saturated carbocycles. The maximum Gasteiger partial charge on any atom is 0.161 e. The van der Waals surface area contributed by atoms with Gasteiger partial charge in [0.25, 0.3) is 0 Å². The summed E-state index contributed by atoms with van der Waals surface area (Å²) in [5, 5.41) is 12.2. The van der Waals surface area contributed by atoms with Gasteiger partial charge in [-0.3, -0.25) is 0 Å². The Morgan fingerprint density at radius 3 is 2.61 bits per heavy atom. The second kappa shape index (κ2) is 7.78. The smallest absolute Gasteiger partial charge is 0.161 e. The summed E-state index contributed by atoms with van der Waals surface area (Å²) >= 11 is 0. The number of nitrogens with zero attached hydrogens (tertiary/aromatic N) is 2. The van der Waals surface area contributed by atoms with Crippen LogP contribution >= 0.6 is 0 Å². The maximum atomic E-state index is 8.86. The summed E-state index contributed by atoms with van der Waals surface area (Å²) in [6, 6.07) is 7.70. The van der Waals surface area contributed by atoms with E-state index in [0.29, 0.717) is 11.5 Å². The first-order valence-electron chi connectivity index (χ1n) is 7.54. The Hall–Kier alpha value is -2.34. The van der Waals surface area contributed by atoms with Crippen molar-refractivity contribution in [3.63, 3.8) is 0 Å². The van der Waals surface area contributed by atoms with Crippen LogP contribution in [0.2, 0.25) is 0 Å². The largest absolute Gasteiger partial charge is 0.493 e. The maximum absolute atomic E-state index is 8.86. The minimum Gasteiger partial charge on any atom is -0.493 e. The second-order valence-electron chi connectivity index (χ2n) is 5.29. The SMILES string of the molecule is COc1cc(C(C)Nc2cc(C)nc(C)n2)ccc1OCCO. The van der Waals surface area contributed by atoms with Gasteiger partial charge in [0.1, 0.15) is 18.2 Å². The van der Waals surface area contributed by atoms with E-state index in [2.05, 4.69) is 22.2 Å². The molecule has 0 aliphatic carbocycles. The molecule has 1 heterocycles. The summed E-state index contributed by atoms with van der Waals surface area (Å²) in [6.45, 7) is 6.08. The lowest BCUT2D eigenvalue weighted by Gasteiger charge is -2.18. The number of nitrogens with one attached hydrogen (secondary N) is 1. The summed E-state index contributed by atoms with van der Waals surface area (Å²) in [4.78, 5) is 8.67. The van der Waals surface area contributed by atoms with Crippen LogP contribution in [0.5, 0.6) is 11.5 Å². The van der Waals surface area contributed by atoms with Gasteiger partial charge in [0, 0.05) is 11.8 Å². The summed E-state index contributed by atoms with van der Waals surface area (Å²) in [6.07, 6.45) is 0. The van der Waals surface area contributed by atoms with E-state index in [4.69, 9.17) is 14.6 Å². The standard InChI is InChI=1S/C17H23N3O3/c1-11-9-17(20-13(3)18-11)19-12(2)14-5-6-15(23-8-7-21)16(10-14)22-4/h5-6,9-10,12,21H,7-8H2,1-4H3,(H,18,19,20). The Morgan fingerprint density at radius 2 is 1.96 bits per heavy atom. The van der Waals surface area contributed by atoms with Crippen molar-refractivity contribution >= 4 is 5.82 Å². The minimum absolute atomic E-state index is 0.0325. The Bertz CT molecular complexity index is 641. The summed E-state index contributed by atoms with van der Waals surface area (Å²) in [7, 11) is 1.60. The van der Waals surface area contributed by atoms with Gasteiger partial charge < -0.3 is 19.9 Å². The molecule has 6 nitrogen and oxygen atoms in total. The Morgan fingerprint density at radius 1 is 1.17 bits per heavy atom. The second-order valence-corrected chi connectivity index (χ2v) is 5.29. The number of ether oxygens (including phenoxy) is 2. The van der Waals surface area contributed by atoms with Gasteiger partial charge in [0.05, 0.1) is 19.8 Å². The molecule has 2 rings (SSSR count). The number of methoxy groups -OCH3 is 1. The highest BCUT2D eigenvalue weighted by atomic mass is 16.5. The molecule has 1 aromatic carbocycles. The Labute approximate surface area is 136 Å². The molecule has 23 heavy (non-hydrogen) atoms. The van der Waals surface area contributed by atoms with Crippen LogP contribution in [0.15, 0.2) is 24.3 Å². The number of rotatable bonds is 7. The van der Waals surface area contributed by atoms with Crippen LogP contribution in [0.3, 0.4) is 0 Å². The van der Waals surface area contributed by atoms with Crippen molar-refractivity contribution in [1.29, 1.82) is 0 Å². The number of hydrogen-bond donors (Lipinski definition) is 2. The van der Waals surface area contributed by atoms with Gasteiger partial charge in [-0.1, -0.05) is 6.07 Å². The van der Waals surface area contributed by atoms with Crippen molar-refractivity contribution in [2.75, 3.05) is 25.6 Å². The number of anilines is 1. The number of aliphatic hydroxyl groups is 1. The molecule has 1 aromatic heterocycles. The Kier molecular flexibility index (Phi) is 5.76. The summed E-state index contributed by atoms with van der Waals surface area (Å²) in [5.41, 5.74) is 1.98. The molecule has 1 atom stereocenters. The Balaban J connectivity index is 2.16. The van der Waals surface area contributed by atoms with E-state index in [1.165, 1.54) is 0 Å². The highest BCUT2D eigenvalue weighted by Crippen LogP contribution is 2.31. The fourth-order valence-electron chi connectivity index (χ4n) is 2.32. The van der Waals surface area contributed by atoms with E-state index in [9.17, 15) is 0 Å². The van der Waals surface area contributed by atoms with Crippen LogP contribution in [0.25, 0.3) is 0 Å². The van der Waals surface area contributed by atoms with Gasteiger partial charge in [0.15, 0.2) is 11.5 Å². The number of aliphatic hydroxyl groups excluding tert-OH is 1. The number of aromatic nitrogens is 2. The molecule has 0 saturated heterocycles. The molecule has 2 N–H and O–H groups in total. The lowest BCUT2D eigenvalue weighted by molar-refractivity contribution is 0.196. The van der Waals surface area contributed by atoms with E-state index in [0.717, 1.165) is 22.9 Å². The molecule has 0 spiro atoms. The number of aryl methyl sites for hydroxylation is 2. The van der Waals surface area contributed by atoms with Gasteiger partial charge >= 0.3 is 0 Å². The fraction of sp³-hybridized carbons (Fsp3) is 0.412. The molecular weight excluding hydrogens is 294 g/mol. The molecule has 6 heteroatoms. The van der Waals surface area contributed by atoms with Crippen LogP contribution < -0.4 is 14.8 Å². The quantitative estimate of drug-likeness (QED) is 0.817. The van der Waals surface area contributed by atoms with Gasteiger partial charge in [-0.15, -0.1) is 0 Å². The zero-order valence-electron chi connectivity index (χ0n) is 14.0. The number of benzene rings is 1. The van der Waals surface area contributed by atoms with Crippen molar-refractivity contribution in [3.8, 4) is 11.5 Å². The van der Waals surface area contributed by atoms with Crippen LogP contribution in [-0.4, -0.2) is 35.4 Å². The first-order chi connectivity index (χ1) is 11.0. The van der Waals surface area contributed by atoms with Gasteiger partial charge in [-0.25, -0.2) is 9.97 Å². The molecule has 0 bridgehead atoms. The molecule has 0 aliphatic rings. The summed E-state index contributed by atoms with van der Waals surface area (Å²) in [5.74, 6) is 2.79. The first kappa shape index (κ1) is 17.0.